The smallest absolute Gasteiger partial charge is 0.245 e. The molecule has 1 aromatic rings. The first kappa shape index (κ1) is 95.0. The zero-order chi connectivity index (χ0) is 81.5. The lowest BCUT2D eigenvalue weighted by atomic mass is 9.97. The largest absolute Gasteiger partial charge is 0.508 e. The summed E-state index contributed by atoms with van der Waals surface area (Å²) >= 11 is 0. The number of hydrogen-bond acceptors (Lipinski definition) is 20. The van der Waals surface area contributed by atoms with Crippen molar-refractivity contribution in [2.45, 2.75) is 250 Å². The van der Waals surface area contributed by atoms with E-state index >= 15 is 0 Å². The van der Waals surface area contributed by atoms with Gasteiger partial charge < -0.3 is 120 Å². The monoisotopic (exact) mass is 1510 g/mol. The lowest BCUT2D eigenvalue weighted by molar-refractivity contribution is -0.138. The zero-order valence-corrected chi connectivity index (χ0v) is 63.8. The molecule has 38 nitrogen and oxygen atoms in total. The fourth-order valence-electron chi connectivity index (χ4n) is 10.8. The quantitative estimate of drug-likeness (QED) is 0.0165. The van der Waals surface area contributed by atoms with Gasteiger partial charge in [0.05, 0.1) is 6.61 Å². The maximum absolute atomic E-state index is 14.6. The number of guanidine groups is 2. The van der Waals surface area contributed by atoms with Crippen molar-refractivity contribution in [1.82, 2.24) is 63.8 Å². The number of benzene rings is 1. The number of aliphatic hydroxyl groups excluding tert-OH is 1. The molecule has 38 heteroatoms. The number of primary amides is 2. The highest BCUT2D eigenvalue weighted by molar-refractivity contribution is 6.01. The SMILES string of the molecule is CC(=O)N[C@@H](CCCCN)C(=O)N[C@@H](CCCCN)C(=O)N[C@@H](CCCN=C(N)N)C(=O)N[C@@H](Cc1ccc(O)cc1)C(=O)N[C@@H](CO)C(=O)N[C@@H](CCCN=C(N)N)C(=O)NC(C)(C)C(=O)N[C@@H](CCC(N)=O)C(=O)N[C@@H](CC(C)C)C(=O)N[C@@H](CC(C)C)C(=O)NC(C)(C)C(=O)N[C@@H](CC(C)C)C(N)=O. The van der Waals surface area contributed by atoms with E-state index in [9.17, 15) is 77.3 Å². The van der Waals surface area contributed by atoms with E-state index in [-0.39, 0.29) is 119 Å². The van der Waals surface area contributed by atoms with Crippen LogP contribution in [0.4, 0.5) is 0 Å². The number of nitrogens with zero attached hydrogens (tertiary/aromatic N) is 2. The second-order valence-corrected chi connectivity index (χ2v) is 28.8. The number of nitrogens with one attached hydrogen (secondary N) is 12. The lowest BCUT2D eigenvalue weighted by Gasteiger charge is -2.32. The first-order valence-electron chi connectivity index (χ1n) is 36.1. The number of rotatable bonds is 52. The van der Waals surface area contributed by atoms with Gasteiger partial charge in [0.25, 0.3) is 0 Å². The molecular formula is C69H122N22O16. The highest BCUT2D eigenvalue weighted by atomic mass is 16.3. The number of carbonyl (C=O) groups excluding carboxylic acids is 14. The molecule has 0 aliphatic rings. The molecule has 1 aromatic carbocycles. The Labute approximate surface area is 625 Å². The van der Waals surface area contributed by atoms with Gasteiger partial charge in [0.1, 0.15) is 77.2 Å². The van der Waals surface area contributed by atoms with Crippen molar-refractivity contribution in [3.8, 4) is 5.75 Å². The highest BCUT2D eigenvalue weighted by Gasteiger charge is 2.40. The van der Waals surface area contributed by atoms with Crippen molar-refractivity contribution in [2.75, 3.05) is 32.8 Å². The predicted octanol–water partition coefficient (Wildman–Crippen LogP) is -5.16. The maximum Gasteiger partial charge on any atom is 0.245 e. The molecule has 1 rings (SSSR count). The minimum Gasteiger partial charge on any atom is -0.508 e. The number of unbranched alkanes of at least 4 members (excludes halogenated alkanes) is 2. The molecule has 0 fully saturated rings. The summed E-state index contributed by atoms with van der Waals surface area (Å²) in [6, 6.07) is -8.77. The Hall–Kier alpha value is -9.98. The van der Waals surface area contributed by atoms with Crippen molar-refractivity contribution in [3.05, 3.63) is 29.8 Å². The first-order chi connectivity index (χ1) is 50.0. The molecule has 0 aromatic heterocycles. The van der Waals surface area contributed by atoms with Crippen LogP contribution in [0.2, 0.25) is 0 Å². The van der Waals surface area contributed by atoms with Crippen LogP contribution in [-0.4, -0.2) is 209 Å². The van der Waals surface area contributed by atoms with E-state index < -0.39 is 174 Å². The third-order valence-corrected chi connectivity index (χ3v) is 16.5. The van der Waals surface area contributed by atoms with Crippen LogP contribution in [0.5, 0.6) is 5.75 Å². The number of nitrogens with two attached hydrogens (primary N) is 8. The molecule has 0 saturated carbocycles. The predicted molar refractivity (Wildman–Crippen MR) is 400 cm³/mol. The van der Waals surface area contributed by atoms with Gasteiger partial charge in [-0.15, -0.1) is 0 Å². The maximum atomic E-state index is 14.6. The van der Waals surface area contributed by atoms with Crippen LogP contribution >= 0.6 is 0 Å². The molecule has 0 bridgehead atoms. The molecule has 0 unspecified atom stereocenters. The third kappa shape index (κ3) is 38.2. The van der Waals surface area contributed by atoms with E-state index in [4.69, 9.17) is 45.9 Å². The van der Waals surface area contributed by atoms with Crippen molar-refractivity contribution in [1.29, 1.82) is 0 Å². The molecule has 0 radical (unpaired) electrons. The molecule has 0 saturated heterocycles. The highest BCUT2D eigenvalue weighted by Crippen LogP contribution is 2.17. The van der Waals surface area contributed by atoms with E-state index in [1.165, 1.54) is 58.9 Å². The van der Waals surface area contributed by atoms with Gasteiger partial charge in [-0.3, -0.25) is 77.1 Å². The minimum atomic E-state index is -2.00. The summed E-state index contributed by atoms with van der Waals surface area (Å²) in [6.07, 6.45) is 0.699. The Balaban J connectivity index is 3.75. The van der Waals surface area contributed by atoms with E-state index in [1.807, 2.05) is 13.8 Å². The van der Waals surface area contributed by atoms with Gasteiger partial charge in [0, 0.05) is 32.9 Å². The molecule has 14 amide bonds. The number of amides is 14. The number of aliphatic imine (C=N–C) groups is 2. The van der Waals surface area contributed by atoms with Gasteiger partial charge in [-0.25, -0.2) is 0 Å². The van der Waals surface area contributed by atoms with Gasteiger partial charge in [0.2, 0.25) is 82.7 Å². The average molecular weight is 1520 g/mol. The van der Waals surface area contributed by atoms with Crippen LogP contribution in [0.3, 0.4) is 0 Å². The fraction of sp³-hybridized carbons (Fsp3) is 0.681. The Kier molecular flexibility index (Phi) is 42.9. The Bertz CT molecular complexity index is 3180. The van der Waals surface area contributed by atoms with Crippen LogP contribution in [0.1, 0.15) is 178 Å². The molecule has 0 heterocycles. The summed E-state index contributed by atoms with van der Waals surface area (Å²) in [5, 5.41) is 51.9. The Morgan fingerprint density at radius 1 is 0.402 bits per heavy atom. The van der Waals surface area contributed by atoms with Crippen LogP contribution < -0.4 is 110 Å². The second kappa shape index (κ2) is 48.3. The summed E-state index contributed by atoms with van der Waals surface area (Å²) in [5.74, 6) is -13.5. The van der Waals surface area contributed by atoms with Gasteiger partial charge >= 0.3 is 0 Å². The van der Waals surface area contributed by atoms with Gasteiger partial charge in [-0.05, 0) is 166 Å². The molecule has 0 aliphatic heterocycles. The molecule has 0 spiro atoms. The standard InChI is InChI=1S/C69H122N22O16/c1-37(2)32-48(54(73)96)89-65(107)69(10,11)91-63(105)50(34-39(5)6)85-59(101)49(33-38(3)4)84-58(100)47(26-27-53(72)95)88-64(106)68(8,9)90-62(104)46(21-17-31-79-67(76)77)83-61(103)52(36-92)87-60(102)51(35-41-22-24-42(94)25-23-41)86-57(99)45(20-16-30-78-66(74)75)82-56(98)44(19-13-15-29-71)81-55(97)43(80-40(7)93)18-12-14-28-70/h22-25,37-39,43-52,92,94H,12-21,26-36,70-71H2,1-11H3,(H2,72,95)(H2,73,96)(H,80,93)(H,81,97)(H,82,98)(H,83,103)(H,84,100)(H,85,101)(H,86,99)(H,87,102)(H,88,106)(H,89,107)(H,90,104)(H,91,105)(H4,74,75,78)(H4,76,77,79)/t43-,44-,45-,46-,47-,48-,49-,50-,51-,52-/m0/s1. The molecule has 10 atom stereocenters. The normalized spacial score (nSPS) is 14.2. The Morgan fingerprint density at radius 2 is 0.720 bits per heavy atom. The van der Waals surface area contributed by atoms with Crippen molar-refractivity contribution in [3.63, 3.8) is 0 Å². The average Bonchev–Trinajstić information content (AvgIpc) is 0.844. The molecule has 0 aliphatic carbocycles. The number of carbonyl (C=O) groups is 14. The van der Waals surface area contributed by atoms with Crippen molar-refractivity contribution >= 4 is 94.6 Å². The van der Waals surface area contributed by atoms with Gasteiger partial charge in [0.15, 0.2) is 11.9 Å². The topological polar surface area (TPSA) is 657 Å². The molecule has 30 N–H and O–H groups in total. The Morgan fingerprint density at radius 3 is 1.10 bits per heavy atom. The van der Waals surface area contributed by atoms with E-state index in [1.54, 1.807) is 27.7 Å². The zero-order valence-electron chi connectivity index (χ0n) is 63.8. The molecular weight excluding hydrogens is 1390 g/mol. The third-order valence-electron chi connectivity index (χ3n) is 16.5. The second-order valence-electron chi connectivity index (χ2n) is 28.8. The van der Waals surface area contributed by atoms with Crippen molar-refractivity contribution in [2.24, 2.45) is 73.6 Å². The summed E-state index contributed by atoms with van der Waals surface area (Å²) in [6.45, 7) is 16.6. The van der Waals surface area contributed by atoms with Crippen LogP contribution in [0.15, 0.2) is 34.3 Å². The lowest BCUT2D eigenvalue weighted by Crippen LogP contribution is -2.64. The van der Waals surface area contributed by atoms with Crippen molar-refractivity contribution < 1.29 is 77.3 Å². The summed E-state index contributed by atoms with van der Waals surface area (Å²) < 4.78 is 0. The summed E-state index contributed by atoms with van der Waals surface area (Å²) in [7, 11) is 0. The van der Waals surface area contributed by atoms with Crippen LogP contribution in [0, 0.1) is 17.8 Å². The van der Waals surface area contributed by atoms with E-state index in [0.29, 0.717) is 37.8 Å². The summed E-state index contributed by atoms with van der Waals surface area (Å²) in [4.78, 5) is 201. The van der Waals surface area contributed by atoms with Gasteiger partial charge in [-0.2, -0.15) is 0 Å². The minimum absolute atomic E-state index is 0.00699. The van der Waals surface area contributed by atoms with E-state index in [0.717, 1.165) is 0 Å². The van der Waals surface area contributed by atoms with E-state index in [2.05, 4.69) is 73.8 Å². The number of aliphatic hydroxyl groups is 1. The number of hydrogen-bond donors (Lipinski definition) is 22. The number of phenolic OH excluding ortho intramolecular Hbond substituents is 1. The van der Waals surface area contributed by atoms with Crippen LogP contribution in [0.25, 0.3) is 0 Å². The number of phenols is 1. The number of aromatic hydroxyl groups is 1. The van der Waals surface area contributed by atoms with Gasteiger partial charge in [-0.1, -0.05) is 53.7 Å². The summed E-state index contributed by atoms with van der Waals surface area (Å²) in [5.41, 5.74) is 41.5. The first-order valence-corrected chi connectivity index (χ1v) is 36.1. The van der Waals surface area contributed by atoms with Crippen LogP contribution in [-0.2, 0) is 73.5 Å². The molecule has 604 valence electrons. The fourth-order valence-corrected chi connectivity index (χ4v) is 10.8. The molecule has 107 heavy (non-hydrogen) atoms.